The van der Waals surface area contributed by atoms with Gasteiger partial charge in [0.25, 0.3) is 5.91 Å². The minimum Gasteiger partial charge on any atom is -0.484 e. The molecule has 0 saturated heterocycles. The molecule has 1 atom stereocenters. The molecule has 0 aromatic heterocycles. The molecule has 9 heteroatoms. The number of carboxylic acids is 1. The highest BCUT2D eigenvalue weighted by atomic mass is 32.2. The van der Waals surface area contributed by atoms with E-state index in [1.54, 1.807) is 13.8 Å². The van der Waals surface area contributed by atoms with Gasteiger partial charge in [-0.05, 0) is 43.0 Å². The lowest BCUT2D eigenvalue weighted by Gasteiger charge is -2.18. The summed E-state index contributed by atoms with van der Waals surface area (Å²) in [6.07, 6.45) is 1.97. The minimum atomic E-state index is -3.97. The van der Waals surface area contributed by atoms with Crippen LogP contribution in [0.5, 0.6) is 5.75 Å². The summed E-state index contributed by atoms with van der Waals surface area (Å²) < 4.78 is 32.0. The van der Waals surface area contributed by atoms with Crippen molar-refractivity contribution in [2.75, 3.05) is 6.61 Å². The molecular formula is C16H22N2O6S. The van der Waals surface area contributed by atoms with Gasteiger partial charge in [-0.2, -0.15) is 4.72 Å². The summed E-state index contributed by atoms with van der Waals surface area (Å²) in [4.78, 5) is 22.6. The third kappa shape index (κ3) is 5.71. The van der Waals surface area contributed by atoms with Crippen molar-refractivity contribution < 1.29 is 27.9 Å². The Balaban J connectivity index is 1.97. The van der Waals surface area contributed by atoms with Crippen LogP contribution in [0.2, 0.25) is 0 Å². The monoisotopic (exact) mass is 370 g/mol. The van der Waals surface area contributed by atoms with Crippen LogP contribution in [0.1, 0.15) is 26.7 Å². The smallest absolute Gasteiger partial charge is 0.322 e. The highest BCUT2D eigenvalue weighted by Gasteiger charge is 2.28. The number of carbonyl (C=O) groups excluding carboxylic acids is 1. The van der Waals surface area contributed by atoms with E-state index in [1.165, 1.54) is 24.3 Å². The summed E-state index contributed by atoms with van der Waals surface area (Å²) in [6, 6.07) is 4.48. The first-order chi connectivity index (χ1) is 11.7. The van der Waals surface area contributed by atoms with E-state index in [0.717, 1.165) is 12.8 Å². The van der Waals surface area contributed by atoms with Crippen LogP contribution in [-0.4, -0.2) is 44.1 Å². The SMILES string of the molecule is CC(C)[C@H](NS(=O)(=O)c1ccc(OCC(=O)NC2CC2)cc1)C(=O)O. The second kappa shape index (κ2) is 7.83. The molecule has 0 unspecified atom stereocenters. The highest BCUT2D eigenvalue weighted by molar-refractivity contribution is 7.89. The van der Waals surface area contributed by atoms with Gasteiger partial charge in [-0.25, -0.2) is 8.42 Å². The largest absolute Gasteiger partial charge is 0.484 e. The summed E-state index contributed by atoms with van der Waals surface area (Å²) >= 11 is 0. The lowest BCUT2D eigenvalue weighted by molar-refractivity contribution is -0.140. The maximum absolute atomic E-state index is 12.3. The Morgan fingerprint density at radius 2 is 1.84 bits per heavy atom. The molecule has 1 aliphatic rings. The quantitative estimate of drug-likeness (QED) is 0.589. The molecule has 1 saturated carbocycles. The normalized spacial score (nSPS) is 15.6. The number of carboxylic acid groups (broad SMARTS) is 1. The number of hydrogen-bond donors (Lipinski definition) is 3. The number of rotatable bonds is 9. The van der Waals surface area contributed by atoms with Gasteiger partial charge in [-0.15, -0.1) is 0 Å². The molecule has 0 aliphatic heterocycles. The maximum atomic E-state index is 12.3. The molecule has 3 N–H and O–H groups in total. The van der Waals surface area contributed by atoms with Gasteiger partial charge in [-0.1, -0.05) is 13.8 Å². The molecule has 8 nitrogen and oxygen atoms in total. The van der Waals surface area contributed by atoms with Gasteiger partial charge in [0.15, 0.2) is 6.61 Å². The zero-order valence-corrected chi connectivity index (χ0v) is 14.9. The number of amides is 1. The molecule has 0 bridgehead atoms. The number of carbonyl (C=O) groups is 2. The van der Waals surface area contributed by atoms with Gasteiger partial charge in [0.1, 0.15) is 11.8 Å². The topological polar surface area (TPSA) is 122 Å². The molecule has 138 valence electrons. The van der Waals surface area contributed by atoms with Crippen LogP contribution in [0.15, 0.2) is 29.2 Å². The van der Waals surface area contributed by atoms with E-state index in [4.69, 9.17) is 9.84 Å². The summed E-state index contributed by atoms with van der Waals surface area (Å²) in [7, 11) is -3.97. The lowest BCUT2D eigenvalue weighted by atomic mass is 10.1. The number of sulfonamides is 1. The maximum Gasteiger partial charge on any atom is 0.322 e. The Bertz CT molecular complexity index is 725. The average molecular weight is 370 g/mol. The Kier molecular flexibility index (Phi) is 6.02. The molecule has 1 fully saturated rings. The van der Waals surface area contributed by atoms with E-state index in [2.05, 4.69) is 10.0 Å². The number of ether oxygens (including phenoxy) is 1. The van der Waals surface area contributed by atoms with Crippen molar-refractivity contribution in [3.05, 3.63) is 24.3 Å². The highest BCUT2D eigenvalue weighted by Crippen LogP contribution is 2.19. The average Bonchev–Trinajstić information content (AvgIpc) is 3.34. The Morgan fingerprint density at radius 3 is 2.32 bits per heavy atom. The first-order valence-corrected chi connectivity index (χ1v) is 9.44. The number of hydrogen-bond acceptors (Lipinski definition) is 5. The predicted octanol–water partition coefficient (Wildman–Crippen LogP) is 0.732. The zero-order chi connectivity index (χ0) is 18.6. The molecule has 25 heavy (non-hydrogen) atoms. The van der Waals surface area contributed by atoms with Gasteiger partial charge < -0.3 is 15.2 Å². The van der Waals surface area contributed by atoms with E-state index < -0.39 is 28.0 Å². The van der Waals surface area contributed by atoms with E-state index in [0.29, 0.717) is 5.75 Å². The summed E-state index contributed by atoms with van der Waals surface area (Å²) in [5, 5.41) is 11.9. The lowest BCUT2D eigenvalue weighted by Crippen LogP contribution is -2.44. The third-order valence-electron chi connectivity index (χ3n) is 3.66. The van der Waals surface area contributed by atoms with Crippen molar-refractivity contribution in [2.45, 2.75) is 43.7 Å². The van der Waals surface area contributed by atoms with Gasteiger partial charge in [0.05, 0.1) is 4.90 Å². The van der Waals surface area contributed by atoms with E-state index in [-0.39, 0.29) is 23.5 Å². The van der Waals surface area contributed by atoms with Crippen molar-refractivity contribution in [1.82, 2.24) is 10.0 Å². The van der Waals surface area contributed by atoms with Crippen molar-refractivity contribution in [3.8, 4) is 5.75 Å². The third-order valence-corrected chi connectivity index (χ3v) is 5.12. The molecule has 1 aliphatic carbocycles. The fourth-order valence-electron chi connectivity index (χ4n) is 2.07. The van der Waals surface area contributed by atoms with Crippen LogP contribution in [0, 0.1) is 5.92 Å². The Hall–Kier alpha value is -2.13. The molecule has 2 rings (SSSR count). The van der Waals surface area contributed by atoms with E-state index >= 15 is 0 Å². The van der Waals surface area contributed by atoms with Gasteiger partial charge >= 0.3 is 5.97 Å². The molecular weight excluding hydrogens is 348 g/mol. The van der Waals surface area contributed by atoms with Gasteiger partial charge in [0, 0.05) is 6.04 Å². The first kappa shape index (κ1) is 19.2. The zero-order valence-electron chi connectivity index (χ0n) is 14.1. The van der Waals surface area contributed by atoms with E-state index in [1.807, 2.05) is 0 Å². The summed E-state index contributed by atoms with van der Waals surface area (Å²) in [5.74, 6) is -1.51. The molecule has 0 spiro atoms. The first-order valence-electron chi connectivity index (χ1n) is 7.96. The Morgan fingerprint density at radius 1 is 1.24 bits per heavy atom. The number of nitrogens with one attached hydrogen (secondary N) is 2. The van der Waals surface area contributed by atoms with Crippen LogP contribution in [0.4, 0.5) is 0 Å². The summed E-state index contributed by atoms with van der Waals surface area (Å²) in [6.45, 7) is 3.09. The molecule has 1 aromatic carbocycles. The fourth-order valence-corrected chi connectivity index (χ4v) is 3.41. The molecule has 0 radical (unpaired) electrons. The summed E-state index contributed by atoms with van der Waals surface area (Å²) in [5.41, 5.74) is 0. The van der Waals surface area contributed by atoms with Gasteiger partial charge in [-0.3, -0.25) is 9.59 Å². The molecule has 1 aromatic rings. The van der Waals surface area contributed by atoms with Crippen LogP contribution in [0.3, 0.4) is 0 Å². The minimum absolute atomic E-state index is 0.0748. The van der Waals surface area contributed by atoms with Crippen LogP contribution < -0.4 is 14.8 Å². The predicted molar refractivity (Wildman–Crippen MR) is 89.7 cm³/mol. The number of aliphatic carboxylic acids is 1. The second-order valence-electron chi connectivity index (χ2n) is 6.28. The molecule has 1 amide bonds. The van der Waals surface area contributed by atoms with Crippen LogP contribution >= 0.6 is 0 Å². The fraction of sp³-hybridized carbons (Fsp3) is 0.500. The van der Waals surface area contributed by atoms with Crippen molar-refractivity contribution in [1.29, 1.82) is 0 Å². The standard InChI is InChI=1S/C16H22N2O6S/c1-10(2)15(16(20)21)18-25(22,23)13-7-5-12(6-8-13)24-9-14(19)17-11-3-4-11/h5-8,10-11,15,18H,3-4,9H2,1-2H3,(H,17,19)(H,20,21)/t15-/m0/s1. The van der Waals surface area contributed by atoms with Crippen molar-refractivity contribution in [2.24, 2.45) is 5.92 Å². The second-order valence-corrected chi connectivity index (χ2v) is 8.00. The van der Waals surface area contributed by atoms with Crippen molar-refractivity contribution >= 4 is 21.9 Å². The Labute approximate surface area is 146 Å². The number of benzene rings is 1. The molecule has 0 heterocycles. The van der Waals surface area contributed by atoms with E-state index in [9.17, 15) is 18.0 Å². The van der Waals surface area contributed by atoms with Crippen LogP contribution in [-0.2, 0) is 19.6 Å². The van der Waals surface area contributed by atoms with Gasteiger partial charge in [0.2, 0.25) is 10.0 Å². The van der Waals surface area contributed by atoms with Crippen LogP contribution in [0.25, 0.3) is 0 Å². The van der Waals surface area contributed by atoms with Crippen molar-refractivity contribution in [3.63, 3.8) is 0 Å².